The maximum atomic E-state index is 13.2. The van der Waals surface area contributed by atoms with Gasteiger partial charge in [0.15, 0.2) is 0 Å². The van der Waals surface area contributed by atoms with Gasteiger partial charge in [-0.1, -0.05) is 60.4 Å². The monoisotopic (exact) mass is 492 g/mol. The number of anilines is 1. The van der Waals surface area contributed by atoms with Gasteiger partial charge < -0.3 is 4.74 Å². The van der Waals surface area contributed by atoms with Gasteiger partial charge in [0, 0.05) is 22.4 Å². The molecule has 0 radical (unpaired) electrons. The summed E-state index contributed by atoms with van der Waals surface area (Å²) in [6, 6.07) is 14.8. The first-order valence-corrected chi connectivity index (χ1v) is 11.9. The van der Waals surface area contributed by atoms with Crippen molar-refractivity contribution in [2.24, 2.45) is 0 Å². The zero-order valence-corrected chi connectivity index (χ0v) is 20.1. The number of carbonyl (C=O) groups is 1. The van der Waals surface area contributed by atoms with Crippen LogP contribution >= 0.6 is 11.6 Å². The number of nitrogens with zero attached hydrogens (tertiary/aromatic N) is 1. The van der Waals surface area contributed by atoms with Crippen molar-refractivity contribution in [2.75, 3.05) is 11.8 Å². The Labute approximate surface area is 204 Å². The average molecular weight is 493 g/mol. The fourth-order valence-electron chi connectivity index (χ4n) is 3.07. The fraction of sp³-hybridized carbons (Fsp3) is 0.0769. The second-order valence-electron chi connectivity index (χ2n) is 7.00. The van der Waals surface area contributed by atoms with Gasteiger partial charge in [0.2, 0.25) is 0 Å². The average Bonchev–Trinajstić information content (AvgIpc) is 2.83. The lowest BCUT2D eigenvalue weighted by molar-refractivity contribution is 0.0594. The molecule has 0 unspecified atom stereocenters. The van der Waals surface area contributed by atoms with Gasteiger partial charge >= 0.3 is 5.97 Å². The summed E-state index contributed by atoms with van der Waals surface area (Å²) in [5, 5.41) is 0.391. The van der Waals surface area contributed by atoms with Gasteiger partial charge in [-0.3, -0.25) is 4.72 Å². The molecule has 0 spiro atoms. The minimum Gasteiger partial charge on any atom is -0.464 e. The summed E-state index contributed by atoms with van der Waals surface area (Å²) in [4.78, 5) is 15.6. The van der Waals surface area contributed by atoms with Crippen molar-refractivity contribution in [3.8, 4) is 11.8 Å². The van der Waals surface area contributed by atoms with Crippen LogP contribution in [0.15, 0.2) is 84.4 Å². The number of para-hydroxylation sites is 1. The van der Waals surface area contributed by atoms with Gasteiger partial charge in [-0.15, -0.1) is 0 Å². The van der Waals surface area contributed by atoms with E-state index in [2.05, 4.69) is 32.9 Å². The third-order valence-electron chi connectivity index (χ3n) is 4.77. The number of aromatic nitrogens is 1. The number of hydrogen-bond acceptors (Lipinski definition) is 5. The summed E-state index contributed by atoms with van der Waals surface area (Å²) < 4.78 is 33.7. The van der Waals surface area contributed by atoms with Crippen molar-refractivity contribution in [3.05, 3.63) is 107 Å². The third kappa shape index (κ3) is 5.73. The molecule has 2 aromatic carbocycles. The summed E-state index contributed by atoms with van der Waals surface area (Å²) >= 11 is 6.28. The van der Waals surface area contributed by atoms with Crippen LogP contribution in [0.25, 0.3) is 5.03 Å². The molecule has 1 N–H and O–H groups in total. The number of benzene rings is 2. The number of carbonyl (C=O) groups excluding carboxylic acids is 1. The quantitative estimate of drug-likeness (QED) is 0.292. The number of ether oxygens (including phenoxy) is 1. The van der Waals surface area contributed by atoms with Crippen LogP contribution in [0.5, 0.6) is 0 Å². The molecular weight excluding hydrogens is 472 g/mol. The zero-order chi connectivity index (χ0) is 24.7. The Kier molecular flexibility index (Phi) is 7.90. The van der Waals surface area contributed by atoms with Crippen LogP contribution < -0.4 is 4.72 Å². The Balaban J connectivity index is 1.93. The highest BCUT2D eigenvalue weighted by Gasteiger charge is 2.20. The number of sulfonamides is 1. The van der Waals surface area contributed by atoms with E-state index in [1.807, 2.05) is 0 Å². The molecule has 0 aliphatic rings. The van der Waals surface area contributed by atoms with Crippen molar-refractivity contribution in [3.63, 3.8) is 0 Å². The van der Waals surface area contributed by atoms with E-state index in [1.54, 1.807) is 55.5 Å². The van der Waals surface area contributed by atoms with Gasteiger partial charge in [-0.05, 0) is 54.5 Å². The van der Waals surface area contributed by atoms with E-state index in [0.29, 0.717) is 33.0 Å². The Bertz CT molecular complexity index is 1430. The highest BCUT2D eigenvalue weighted by Crippen LogP contribution is 2.29. The second-order valence-corrected chi connectivity index (χ2v) is 9.06. The van der Waals surface area contributed by atoms with Gasteiger partial charge in [0.1, 0.15) is 5.69 Å². The first kappa shape index (κ1) is 24.8. The molecule has 8 heteroatoms. The molecule has 0 saturated carbocycles. The second kappa shape index (κ2) is 10.8. The van der Waals surface area contributed by atoms with Crippen LogP contribution in [0, 0.1) is 18.8 Å². The van der Waals surface area contributed by atoms with Gasteiger partial charge in [-0.25, -0.2) is 18.2 Å². The van der Waals surface area contributed by atoms with Crippen molar-refractivity contribution >= 4 is 38.3 Å². The Hall–Kier alpha value is -3.86. The van der Waals surface area contributed by atoms with E-state index in [4.69, 9.17) is 11.6 Å². The molecule has 0 bridgehead atoms. The maximum absolute atomic E-state index is 13.2. The number of halogens is 1. The first-order chi connectivity index (χ1) is 16.3. The summed E-state index contributed by atoms with van der Waals surface area (Å²) in [5.41, 5.74) is 2.63. The number of hydrogen-bond donors (Lipinski definition) is 1. The zero-order valence-electron chi connectivity index (χ0n) is 18.5. The summed E-state index contributed by atoms with van der Waals surface area (Å²) in [7, 11) is -2.65. The fourth-order valence-corrected chi connectivity index (χ4v) is 4.71. The molecule has 0 aliphatic carbocycles. The number of esters is 1. The predicted octanol–water partition coefficient (Wildman–Crippen LogP) is 5.14. The SMILES string of the molecule is C=C/C=C(/Cl)c1cccc(S(=O)(=O)Nc2ccccc2C#Cc2ccc(C(=O)OC)nc2)c1C. The molecule has 172 valence electrons. The van der Waals surface area contributed by atoms with Gasteiger partial charge in [0.25, 0.3) is 10.0 Å². The minimum absolute atomic E-state index is 0.103. The van der Waals surface area contributed by atoms with Crippen molar-refractivity contribution < 1.29 is 17.9 Å². The lowest BCUT2D eigenvalue weighted by Gasteiger charge is -2.14. The number of pyridine rings is 1. The molecular formula is C26H21ClN2O4S. The van der Waals surface area contributed by atoms with E-state index in [-0.39, 0.29) is 10.6 Å². The molecule has 0 saturated heterocycles. The topological polar surface area (TPSA) is 85.4 Å². The van der Waals surface area contributed by atoms with Crippen LogP contribution in [-0.2, 0) is 14.8 Å². The highest BCUT2D eigenvalue weighted by atomic mass is 35.5. The molecule has 1 aromatic heterocycles. The molecule has 0 aliphatic heterocycles. The molecule has 34 heavy (non-hydrogen) atoms. The van der Waals surface area contributed by atoms with Crippen LogP contribution in [0.3, 0.4) is 0 Å². The predicted molar refractivity (Wildman–Crippen MR) is 134 cm³/mol. The number of rotatable bonds is 6. The molecule has 0 fully saturated rings. The molecule has 3 aromatic rings. The van der Waals surface area contributed by atoms with Gasteiger partial charge in [0.05, 0.1) is 17.7 Å². The maximum Gasteiger partial charge on any atom is 0.356 e. The van der Waals surface area contributed by atoms with E-state index in [9.17, 15) is 13.2 Å². The van der Waals surface area contributed by atoms with E-state index >= 15 is 0 Å². The van der Waals surface area contributed by atoms with Crippen LogP contribution in [-0.4, -0.2) is 26.5 Å². The molecule has 3 rings (SSSR count). The normalized spacial score (nSPS) is 11.2. The number of methoxy groups -OCH3 is 1. The summed E-state index contributed by atoms with van der Waals surface area (Å²) in [5.74, 6) is 5.34. The van der Waals surface area contributed by atoms with Crippen LogP contribution in [0.4, 0.5) is 5.69 Å². The summed E-state index contributed by atoms with van der Waals surface area (Å²) in [6.45, 7) is 5.31. The van der Waals surface area contributed by atoms with E-state index in [0.717, 1.165) is 0 Å². The molecule has 0 amide bonds. The first-order valence-electron chi connectivity index (χ1n) is 10.0. The largest absolute Gasteiger partial charge is 0.464 e. The Morgan fingerprint density at radius 3 is 2.56 bits per heavy atom. The van der Waals surface area contributed by atoms with Crippen molar-refractivity contribution in [1.82, 2.24) is 4.98 Å². The van der Waals surface area contributed by atoms with Crippen molar-refractivity contribution in [1.29, 1.82) is 0 Å². The number of allylic oxidation sites excluding steroid dienone is 2. The number of nitrogens with one attached hydrogen (secondary N) is 1. The van der Waals surface area contributed by atoms with Crippen LogP contribution in [0.2, 0.25) is 0 Å². The summed E-state index contributed by atoms with van der Waals surface area (Å²) in [6.07, 6.45) is 4.58. The Morgan fingerprint density at radius 1 is 1.12 bits per heavy atom. The van der Waals surface area contributed by atoms with Gasteiger partial charge in [-0.2, -0.15) is 0 Å². The Morgan fingerprint density at radius 2 is 1.88 bits per heavy atom. The molecule has 1 heterocycles. The minimum atomic E-state index is -3.93. The molecule has 0 atom stereocenters. The van der Waals surface area contributed by atoms with Crippen LogP contribution in [0.1, 0.15) is 32.7 Å². The highest BCUT2D eigenvalue weighted by molar-refractivity contribution is 7.92. The van der Waals surface area contributed by atoms with E-state index < -0.39 is 16.0 Å². The van der Waals surface area contributed by atoms with Crippen molar-refractivity contribution in [2.45, 2.75) is 11.8 Å². The smallest absolute Gasteiger partial charge is 0.356 e. The lowest BCUT2D eigenvalue weighted by Crippen LogP contribution is -2.15. The molecule has 6 nitrogen and oxygen atoms in total. The van der Waals surface area contributed by atoms with E-state index in [1.165, 1.54) is 31.5 Å². The lowest BCUT2D eigenvalue weighted by atomic mass is 10.1. The standard InChI is InChI=1S/C26H21ClN2O4S/c1-4-8-22(27)21-10-7-12-25(18(21)2)34(31,32)29-23-11-6-5-9-20(23)15-13-19-14-16-24(28-17-19)26(30)33-3/h4-12,14,16-17,29H,1H2,2-3H3/b22-8+. The third-order valence-corrected chi connectivity index (χ3v) is 6.61.